The highest BCUT2D eigenvalue weighted by atomic mass is 16.1. The fourth-order valence-corrected chi connectivity index (χ4v) is 3.88. The van der Waals surface area contributed by atoms with Crippen molar-refractivity contribution in [2.45, 2.75) is 45.2 Å². The number of rotatable bonds is 5. The Morgan fingerprint density at radius 1 is 1.28 bits per heavy atom. The number of amides is 1. The van der Waals surface area contributed by atoms with Gasteiger partial charge in [0.2, 0.25) is 5.91 Å². The van der Waals surface area contributed by atoms with Crippen LogP contribution < -0.4 is 15.5 Å². The highest BCUT2D eigenvalue weighted by Crippen LogP contribution is 2.17. The molecule has 2 saturated heterocycles. The van der Waals surface area contributed by atoms with Gasteiger partial charge in [-0.1, -0.05) is 12.1 Å². The summed E-state index contributed by atoms with van der Waals surface area (Å²) in [6.07, 6.45) is 2.70. The molecule has 2 fully saturated rings. The first-order valence-corrected chi connectivity index (χ1v) is 9.67. The van der Waals surface area contributed by atoms with Crippen molar-refractivity contribution in [3.63, 3.8) is 0 Å². The predicted octanol–water partition coefficient (Wildman–Crippen LogP) is 1.76. The summed E-state index contributed by atoms with van der Waals surface area (Å²) >= 11 is 0. The normalized spacial score (nSPS) is 25.0. The third kappa shape index (κ3) is 5.44. The minimum Gasteiger partial charge on any atom is -0.369 e. The highest BCUT2D eigenvalue weighted by Gasteiger charge is 2.21. The predicted molar refractivity (Wildman–Crippen MR) is 103 cm³/mol. The van der Waals surface area contributed by atoms with Gasteiger partial charge in [0, 0.05) is 56.9 Å². The Labute approximate surface area is 151 Å². The first kappa shape index (κ1) is 18.2. The van der Waals surface area contributed by atoms with Gasteiger partial charge < -0.3 is 15.5 Å². The molecule has 5 nitrogen and oxygen atoms in total. The molecule has 2 atom stereocenters. The molecule has 2 unspecified atom stereocenters. The molecule has 1 aromatic rings. The molecule has 0 aliphatic carbocycles. The molecule has 138 valence electrons. The van der Waals surface area contributed by atoms with Gasteiger partial charge >= 0.3 is 0 Å². The lowest BCUT2D eigenvalue weighted by molar-refractivity contribution is -0.122. The standard InChI is InChI=1S/C20H32N4O/c1-16-4-3-5-19(14-16)24-12-10-23(11-13-24)9-7-20(25)22-18-6-8-21-17(2)15-18/h3-5,14,17-18,21H,6-13,15H2,1-2H3,(H,22,25). The van der Waals surface area contributed by atoms with Crippen molar-refractivity contribution >= 4 is 11.6 Å². The van der Waals surface area contributed by atoms with Crippen LogP contribution in [0.2, 0.25) is 0 Å². The summed E-state index contributed by atoms with van der Waals surface area (Å²) in [5.74, 6) is 0.209. The second-order valence-electron chi connectivity index (χ2n) is 7.56. The summed E-state index contributed by atoms with van der Waals surface area (Å²) in [7, 11) is 0. The number of anilines is 1. The van der Waals surface area contributed by atoms with E-state index in [1.54, 1.807) is 0 Å². The Balaban J connectivity index is 1.37. The SMILES string of the molecule is Cc1cccc(N2CCN(CCC(=O)NC3CCNC(C)C3)CC2)c1. The van der Waals surface area contributed by atoms with Gasteiger partial charge in [0.05, 0.1) is 0 Å². The average molecular weight is 345 g/mol. The van der Waals surface area contributed by atoms with Crippen LogP contribution in [-0.4, -0.2) is 62.2 Å². The zero-order valence-electron chi connectivity index (χ0n) is 15.6. The summed E-state index contributed by atoms with van der Waals surface area (Å²) in [6, 6.07) is 9.57. The van der Waals surface area contributed by atoms with Crippen LogP contribution in [0.15, 0.2) is 24.3 Å². The van der Waals surface area contributed by atoms with Crippen molar-refractivity contribution in [3.8, 4) is 0 Å². The van der Waals surface area contributed by atoms with E-state index >= 15 is 0 Å². The summed E-state index contributed by atoms with van der Waals surface area (Å²) in [5, 5.41) is 6.64. The van der Waals surface area contributed by atoms with Crippen molar-refractivity contribution in [3.05, 3.63) is 29.8 Å². The summed E-state index contributed by atoms with van der Waals surface area (Å²) in [6.45, 7) is 10.3. The summed E-state index contributed by atoms with van der Waals surface area (Å²) in [5.41, 5.74) is 2.63. The van der Waals surface area contributed by atoms with Crippen LogP contribution >= 0.6 is 0 Å². The number of nitrogens with zero attached hydrogens (tertiary/aromatic N) is 2. The molecule has 5 heteroatoms. The molecule has 0 radical (unpaired) electrons. The van der Waals surface area contributed by atoms with Crippen LogP contribution in [-0.2, 0) is 4.79 Å². The average Bonchev–Trinajstić information content (AvgIpc) is 2.60. The van der Waals surface area contributed by atoms with E-state index in [1.807, 2.05) is 0 Å². The van der Waals surface area contributed by atoms with Gasteiger partial charge in [0.15, 0.2) is 0 Å². The number of benzene rings is 1. The monoisotopic (exact) mass is 344 g/mol. The molecule has 0 spiro atoms. The Kier molecular flexibility index (Phi) is 6.32. The fraction of sp³-hybridized carbons (Fsp3) is 0.650. The number of carbonyl (C=O) groups is 1. The van der Waals surface area contributed by atoms with E-state index in [0.29, 0.717) is 18.5 Å². The maximum Gasteiger partial charge on any atom is 0.221 e. The number of piperazine rings is 1. The van der Waals surface area contributed by atoms with E-state index in [9.17, 15) is 4.79 Å². The number of carbonyl (C=O) groups excluding carboxylic acids is 1. The molecule has 1 aromatic carbocycles. The molecule has 0 bridgehead atoms. The lowest BCUT2D eigenvalue weighted by Crippen LogP contribution is -2.49. The van der Waals surface area contributed by atoms with Gasteiger partial charge in [-0.05, 0) is 50.9 Å². The number of nitrogens with one attached hydrogen (secondary N) is 2. The number of aryl methyl sites for hydroxylation is 1. The Morgan fingerprint density at radius 2 is 2.08 bits per heavy atom. The molecular formula is C20H32N4O. The minimum absolute atomic E-state index is 0.209. The van der Waals surface area contributed by atoms with Crippen LogP contribution in [0.3, 0.4) is 0 Å². The van der Waals surface area contributed by atoms with Crippen LogP contribution in [0.25, 0.3) is 0 Å². The Bertz CT molecular complexity index is 569. The zero-order chi connectivity index (χ0) is 17.6. The third-order valence-corrected chi connectivity index (χ3v) is 5.38. The van der Waals surface area contributed by atoms with Gasteiger partial charge in [-0.15, -0.1) is 0 Å². The molecule has 25 heavy (non-hydrogen) atoms. The van der Waals surface area contributed by atoms with E-state index in [2.05, 4.69) is 58.5 Å². The van der Waals surface area contributed by atoms with Crippen molar-refractivity contribution in [1.29, 1.82) is 0 Å². The van der Waals surface area contributed by atoms with E-state index in [4.69, 9.17) is 0 Å². The molecule has 1 amide bonds. The molecule has 2 heterocycles. The van der Waals surface area contributed by atoms with Crippen molar-refractivity contribution in [1.82, 2.24) is 15.5 Å². The number of hydrogen-bond donors (Lipinski definition) is 2. The third-order valence-electron chi connectivity index (χ3n) is 5.38. The van der Waals surface area contributed by atoms with Crippen molar-refractivity contribution < 1.29 is 4.79 Å². The van der Waals surface area contributed by atoms with E-state index in [1.165, 1.54) is 11.3 Å². The maximum absolute atomic E-state index is 12.2. The second kappa shape index (κ2) is 8.68. The maximum atomic E-state index is 12.2. The second-order valence-corrected chi connectivity index (χ2v) is 7.56. The lowest BCUT2D eigenvalue weighted by Gasteiger charge is -2.36. The van der Waals surface area contributed by atoms with Gasteiger partial charge in [0.1, 0.15) is 0 Å². The van der Waals surface area contributed by atoms with Crippen LogP contribution in [0.4, 0.5) is 5.69 Å². The van der Waals surface area contributed by atoms with Crippen LogP contribution in [0, 0.1) is 6.92 Å². The van der Waals surface area contributed by atoms with Gasteiger partial charge in [-0.25, -0.2) is 0 Å². The van der Waals surface area contributed by atoms with Crippen LogP contribution in [0.1, 0.15) is 31.7 Å². The Hall–Kier alpha value is -1.59. The topological polar surface area (TPSA) is 47.6 Å². The van der Waals surface area contributed by atoms with Gasteiger partial charge in [-0.2, -0.15) is 0 Å². The molecule has 0 saturated carbocycles. The minimum atomic E-state index is 0.209. The van der Waals surface area contributed by atoms with Gasteiger partial charge in [0.25, 0.3) is 0 Å². The molecule has 2 N–H and O–H groups in total. The summed E-state index contributed by atoms with van der Waals surface area (Å²) < 4.78 is 0. The smallest absolute Gasteiger partial charge is 0.221 e. The molecular weight excluding hydrogens is 312 g/mol. The largest absolute Gasteiger partial charge is 0.369 e. The Morgan fingerprint density at radius 3 is 2.80 bits per heavy atom. The number of hydrogen-bond acceptors (Lipinski definition) is 4. The van der Waals surface area contributed by atoms with Crippen LogP contribution in [0.5, 0.6) is 0 Å². The van der Waals surface area contributed by atoms with E-state index in [-0.39, 0.29) is 5.91 Å². The zero-order valence-corrected chi connectivity index (χ0v) is 15.6. The van der Waals surface area contributed by atoms with Crippen molar-refractivity contribution in [2.75, 3.05) is 44.2 Å². The lowest BCUT2D eigenvalue weighted by atomic mass is 10.0. The first-order chi connectivity index (χ1) is 12.1. The molecule has 2 aliphatic heterocycles. The van der Waals surface area contributed by atoms with E-state index in [0.717, 1.165) is 52.1 Å². The highest BCUT2D eigenvalue weighted by molar-refractivity contribution is 5.76. The molecule has 3 rings (SSSR count). The van der Waals surface area contributed by atoms with Gasteiger partial charge in [-0.3, -0.25) is 9.69 Å². The quantitative estimate of drug-likeness (QED) is 0.855. The molecule has 2 aliphatic rings. The fourth-order valence-electron chi connectivity index (χ4n) is 3.88. The first-order valence-electron chi connectivity index (χ1n) is 9.67. The van der Waals surface area contributed by atoms with Crippen molar-refractivity contribution in [2.24, 2.45) is 0 Å². The number of piperidine rings is 1. The van der Waals surface area contributed by atoms with E-state index < -0.39 is 0 Å². The molecule has 0 aromatic heterocycles. The summed E-state index contributed by atoms with van der Waals surface area (Å²) in [4.78, 5) is 17.1.